The monoisotopic (exact) mass is 376 g/mol. The Morgan fingerprint density at radius 3 is 2.54 bits per heavy atom. The predicted octanol–water partition coefficient (Wildman–Crippen LogP) is 5.34. The Kier molecular flexibility index (Phi) is 5.32. The molecule has 1 N–H and O–H groups in total. The summed E-state index contributed by atoms with van der Waals surface area (Å²) < 4.78 is 39.3. The summed E-state index contributed by atoms with van der Waals surface area (Å²) in [6.45, 7) is 3.91. The average molecular weight is 376 g/mol. The predicted molar refractivity (Wildman–Crippen MR) is 97.4 cm³/mol. The van der Waals surface area contributed by atoms with Gasteiger partial charge in [-0.1, -0.05) is 12.1 Å². The molecule has 0 radical (unpaired) electrons. The van der Waals surface area contributed by atoms with Gasteiger partial charge in [0.25, 0.3) is 6.43 Å². The molecule has 0 saturated heterocycles. The van der Waals surface area contributed by atoms with Crippen LogP contribution < -0.4 is 5.43 Å². The fraction of sp³-hybridized carbons (Fsp3) is 0.167. The van der Waals surface area contributed by atoms with Crippen LogP contribution in [0, 0.1) is 19.0 Å². The zero-order valence-corrected chi connectivity index (χ0v) is 14.8. The van der Waals surface area contributed by atoms with Gasteiger partial charge in [-0.15, -0.1) is 11.3 Å². The number of benzene rings is 1. The minimum absolute atomic E-state index is 0.0516. The van der Waals surface area contributed by atoms with Crippen molar-refractivity contribution in [1.29, 1.82) is 0 Å². The average Bonchev–Trinajstić information content (AvgIpc) is 3.02. The van der Waals surface area contributed by atoms with Crippen molar-refractivity contribution in [3.8, 4) is 11.3 Å². The number of nitrogens with one attached hydrogen (secondary N) is 1. The zero-order valence-electron chi connectivity index (χ0n) is 14.0. The maximum Gasteiger partial charge on any atom is 0.280 e. The minimum atomic E-state index is -2.74. The Labute approximate surface area is 152 Å². The van der Waals surface area contributed by atoms with Gasteiger partial charge in [-0.25, -0.2) is 24.2 Å². The summed E-state index contributed by atoms with van der Waals surface area (Å²) in [5, 5.41) is 3.56. The highest BCUT2D eigenvalue weighted by Crippen LogP contribution is 2.26. The van der Waals surface area contributed by atoms with Crippen LogP contribution in [0.4, 0.5) is 19.1 Å². The van der Waals surface area contributed by atoms with E-state index >= 15 is 0 Å². The third-order valence-corrected chi connectivity index (χ3v) is 4.53. The van der Waals surface area contributed by atoms with Gasteiger partial charge in [0.2, 0.25) is 5.95 Å². The molecule has 3 rings (SSSR count). The molecule has 8 heteroatoms. The van der Waals surface area contributed by atoms with Gasteiger partial charge in [0, 0.05) is 5.56 Å². The van der Waals surface area contributed by atoms with Crippen LogP contribution in [-0.2, 0) is 0 Å². The van der Waals surface area contributed by atoms with Gasteiger partial charge in [-0.05, 0) is 49.2 Å². The van der Waals surface area contributed by atoms with Crippen LogP contribution in [-0.4, -0.2) is 16.2 Å². The fourth-order valence-electron chi connectivity index (χ4n) is 2.23. The molecular formula is C18H15F3N4S. The number of hydrogen-bond acceptors (Lipinski definition) is 5. The van der Waals surface area contributed by atoms with E-state index in [4.69, 9.17) is 0 Å². The molecule has 0 amide bonds. The molecule has 3 aromatic rings. The number of alkyl halides is 2. The number of thiophene rings is 1. The van der Waals surface area contributed by atoms with Gasteiger partial charge in [0.05, 0.1) is 16.8 Å². The Balaban J connectivity index is 1.90. The molecule has 0 aliphatic rings. The fourth-order valence-corrected chi connectivity index (χ4v) is 2.83. The van der Waals surface area contributed by atoms with Crippen LogP contribution >= 0.6 is 11.3 Å². The molecule has 0 unspecified atom stereocenters. The Morgan fingerprint density at radius 1 is 1.08 bits per heavy atom. The lowest BCUT2D eigenvalue weighted by molar-refractivity contribution is 0.146. The zero-order chi connectivity index (χ0) is 18.7. The van der Waals surface area contributed by atoms with Gasteiger partial charge < -0.3 is 0 Å². The van der Waals surface area contributed by atoms with E-state index in [2.05, 4.69) is 20.5 Å². The quantitative estimate of drug-likeness (QED) is 0.483. The number of aryl methyl sites for hydroxylation is 2. The van der Waals surface area contributed by atoms with Crippen molar-refractivity contribution in [3.63, 3.8) is 0 Å². The van der Waals surface area contributed by atoms with Crippen molar-refractivity contribution in [2.24, 2.45) is 5.10 Å². The van der Waals surface area contributed by atoms with Gasteiger partial charge in [-0.2, -0.15) is 9.49 Å². The van der Waals surface area contributed by atoms with Gasteiger partial charge >= 0.3 is 0 Å². The molecule has 0 saturated carbocycles. The van der Waals surface area contributed by atoms with E-state index in [9.17, 15) is 13.2 Å². The van der Waals surface area contributed by atoms with Crippen molar-refractivity contribution in [2.75, 3.05) is 5.43 Å². The minimum Gasteiger partial charge on any atom is -0.245 e. The van der Waals surface area contributed by atoms with Crippen LogP contribution in [0.1, 0.15) is 28.1 Å². The molecule has 0 fully saturated rings. The van der Waals surface area contributed by atoms with E-state index in [1.54, 1.807) is 6.07 Å². The summed E-state index contributed by atoms with van der Waals surface area (Å²) in [6.07, 6.45) is -1.36. The van der Waals surface area contributed by atoms with Crippen molar-refractivity contribution in [2.45, 2.75) is 20.3 Å². The molecule has 0 aliphatic heterocycles. The SMILES string of the molecule is Cc1ccc(-c2cc(C(F)F)nc(N/N=C\c3ccc(F)s3)n2)cc1C. The van der Waals surface area contributed by atoms with Crippen LogP contribution in [0.25, 0.3) is 11.3 Å². The standard InChI is InChI=1S/C18H15F3N4S/c1-10-3-4-12(7-11(10)2)14-8-15(17(20)21)24-18(23-14)25-22-9-13-5-6-16(19)26-13/h3-9,17H,1-2H3,(H,23,24,25)/b22-9-. The third kappa shape index (κ3) is 4.26. The third-order valence-electron chi connectivity index (χ3n) is 3.72. The van der Waals surface area contributed by atoms with E-state index in [-0.39, 0.29) is 11.1 Å². The smallest absolute Gasteiger partial charge is 0.245 e. The van der Waals surface area contributed by atoms with E-state index in [1.807, 2.05) is 32.0 Å². The normalized spacial score (nSPS) is 11.5. The Hall–Kier alpha value is -2.74. The Morgan fingerprint density at radius 2 is 1.88 bits per heavy atom. The number of nitrogens with zero attached hydrogens (tertiary/aromatic N) is 3. The summed E-state index contributed by atoms with van der Waals surface area (Å²) in [5.41, 5.74) is 5.36. The van der Waals surface area contributed by atoms with E-state index in [1.165, 1.54) is 18.3 Å². The maximum absolute atomic E-state index is 13.2. The Bertz CT molecular complexity index is 953. The van der Waals surface area contributed by atoms with Crippen molar-refractivity contribution in [1.82, 2.24) is 9.97 Å². The molecule has 2 heterocycles. The largest absolute Gasteiger partial charge is 0.280 e. The lowest BCUT2D eigenvalue weighted by Crippen LogP contribution is -2.02. The highest BCUT2D eigenvalue weighted by molar-refractivity contribution is 7.12. The number of hydrazone groups is 1. The second-order valence-corrected chi connectivity index (χ2v) is 6.68. The van der Waals surface area contributed by atoms with E-state index in [0.29, 0.717) is 16.1 Å². The second kappa shape index (κ2) is 7.65. The number of aromatic nitrogens is 2. The highest BCUT2D eigenvalue weighted by atomic mass is 32.1. The van der Waals surface area contributed by atoms with Crippen molar-refractivity contribution in [3.05, 3.63) is 63.2 Å². The summed E-state index contributed by atoms with van der Waals surface area (Å²) in [5.74, 6) is -0.0516. The first-order valence-electron chi connectivity index (χ1n) is 7.71. The van der Waals surface area contributed by atoms with Gasteiger partial charge in [0.1, 0.15) is 5.69 Å². The van der Waals surface area contributed by atoms with Gasteiger partial charge in [0.15, 0.2) is 5.13 Å². The lowest BCUT2D eigenvalue weighted by atomic mass is 10.0. The number of halogens is 3. The first-order valence-corrected chi connectivity index (χ1v) is 8.53. The molecule has 0 aliphatic carbocycles. The highest BCUT2D eigenvalue weighted by Gasteiger charge is 2.14. The van der Waals surface area contributed by atoms with E-state index < -0.39 is 12.1 Å². The van der Waals surface area contributed by atoms with Crippen molar-refractivity contribution >= 4 is 23.5 Å². The molecular weight excluding hydrogens is 361 g/mol. The first-order chi connectivity index (χ1) is 12.4. The van der Waals surface area contributed by atoms with Crippen LogP contribution in [0.3, 0.4) is 0 Å². The topological polar surface area (TPSA) is 50.2 Å². The van der Waals surface area contributed by atoms with Crippen LogP contribution in [0.2, 0.25) is 0 Å². The molecule has 0 atom stereocenters. The maximum atomic E-state index is 13.2. The summed E-state index contributed by atoms with van der Waals surface area (Å²) in [6, 6.07) is 9.75. The summed E-state index contributed by atoms with van der Waals surface area (Å²) in [4.78, 5) is 8.61. The van der Waals surface area contributed by atoms with Crippen LogP contribution in [0.15, 0.2) is 41.5 Å². The molecule has 26 heavy (non-hydrogen) atoms. The summed E-state index contributed by atoms with van der Waals surface area (Å²) >= 11 is 0.917. The molecule has 134 valence electrons. The molecule has 2 aromatic heterocycles. The number of anilines is 1. The van der Waals surface area contributed by atoms with Crippen LogP contribution in [0.5, 0.6) is 0 Å². The molecule has 0 spiro atoms. The number of hydrogen-bond donors (Lipinski definition) is 1. The molecule has 1 aromatic carbocycles. The van der Waals surface area contributed by atoms with E-state index in [0.717, 1.165) is 22.5 Å². The molecule has 0 bridgehead atoms. The second-order valence-electron chi connectivity index (χ2n) is 5.61. The number of rotatable bonds is 5. The van der Waals surface area contributed by atoms with Crippen molar-refractivity contribution < 1.29 is 13.2 Å². The lowest BCUT2D eigenvalue weighted by Gasteiger charge is -2.09. The summed E-state index contributed by atoms with van der Waals surface area (Å²) in [7, 11) is 0. The first kappa shape index (κ1) is 18.1. The molecule has 4 nitrogen and oxygen atoms in total. The van der Waals surface area contributed by atoms with Gasteiger partial charge in [-0.3, -0.25) is 0 Å².